The van der Waals surface area contributed by atoms with Crippen molar-refractivity contribution in [3.8, 4) is 74.0 Å². The Morgan fingerprint density at radius 2 is 0.739 bits per heavy atom. The van der Waals surface area contributed by atoms with E-state index >= 15 is 0 Å². The zero-order valence-electron chi connectivity index (χ0n) is 48.5. The Hall–Kier alpha value is -9.85. The largest absolute Gasteiger partial charge is 0.493 e. The Morgan fingerprint density at radius 3 is 1.22 bits per heavy atom. The number of carbonyl (C=O) groups excluding carboxylic acids is 1. The normalized spacial score (nSPS) is 11.3. The number of hydrogen-bond donors (Lipinski definition) is 0. The van der Waals surface area contributed by atoms with Gasteiger partial charge in [0.05, 0.1) is 68.5 Å². The lowest BCUT2D eigenvalue weighted by Crippen LogP contribution is -2.03. The van der Waals surface area contributed by atoms with Crippen LogP contribution in [0.5, 0.6) is 51.7 Å². The maximum Gasteiger partial charge on any atom is 0.203 e. The molecule has 0 amide bonds. The predicted molar refractivity (Wildman–Crippen MR) is 364 cm³/mol. The molecule has 0 aliphatic heterocycles. The molecular weight excluding hydrogens is 1170 g/mol. The number of halogens is 1. The summed E-state index contributed by atoms with van der Waals surface area (Å²) in [7, 11) is 14.3. The van der Waals surface area contributed by atoms with Crippen LogP contribution in [0.25, 0.3) is 81.7 Å². The third kappa shape index (κ3) is 13.0. The molecule has 12 rings (SSSR count). The highest BCUT2D eigenvalue weighted by Crippen LogP contribution is 2.49. The van der Waals surface area contributed by atoms with E-state index in [1.165, 1.54) is 0 Å². The van der Waals surface area contributed by atoms with Gasteiger partial charge < -0.3 is 42.6 Å². The fourth-order valence-corrected chi connectivity index (χ4v) is 11.4. The molecule has 1 aliphatic rings. The van der Waals surface area contributed by atoms with E-state index < -0.39 is 0 Å². The van der Waals surface area contributed by atoms with Crippen LogP contribution in [0.2, 0.25) is 0 Å². The zero-order chi connectivity index (χ0) is 59.9. The van der Waals surface area contributed by atoms with Crippen molar-refractivity contribution < 1.29 is 47.4 Å². The summed E-state index contributed by atoms with van der Waals surface area (Å²) >= 11 is 3.40. The molecule has 0 saturated carbocycles. The van der Waals surface area contributed by atoms with Gasteiger partial charge in [-0.1, -0.05) is 131 Å². The summed E-state index contributed by atoms with van der Waals surface area (Å²) in [4.78, 5) is 37.7. The van der Waals surface area contributed by atoms with E-state index in [2.05, 4.69) is 94.8 Å². The summed E-state index contributed by atoms with van der Waals surface area (Å²) < 4.78 is 50.6. The Kier molecular flexibility index (Phi) is 21.7. The SMILES string of the molecule is C.C.C.COc1cc2c(-c3ccc4ccccc4c3)cc(=O)c(Br)cc2c(OC)c1OC.COc1cc2c(-c3ccc4ccccc4c3)cc(=O)ccc2c(OC)c1OC.COc1cc2c(c(OC)c1OC)CCC(=O)C=C2c1ccc2ccccc2c1. The maximum atomic E-state index is 12.7. The molecule has 0 fully saturated rings. The van der Waals surface area contributed by atoms with E-state index in [0.29, 0.717) is 69.1 Å². The fraction of sp³-hybridized carbons (Fsp3) is 0.187. The minimum absolute atomic E-state index is 0. The summed E-state index contributed by atoms with van der Waals surface area (Å²) in [6, 6.07) is 57.2. The van der Waals surface area contributed by atoms with Crippen molar-refractivity contribution in [3.05, 3.63) is 224 Å². The number of carbonyl (C=O) groups is 1. The number of rotatable bonds is 12. The van der Waals surface area contributed by atoms with Gasteiger partial charge in [0.1, 0.15) is 0 Å². The highest BCUT2D eigenvalue weighted by molar-refractivity contribution is 9.10. The van der Waals surface area contributed by atoms with Crippen LogP contribution in [-0.4, -0.2) is 69.8 Å². The van der Waals surface area contributed by atoms with Crippen molar-refractivity contribution in [2.45, 2.75) is 35.1 Å². The van der Waals surface area contributed by atoms with Gasteiger partial charge in [-0.25, -0.2) is 0 Å². The van der Waals surface area contributed by atoms with Gasteiger partial charge in [-0.15, -0.1) is 0 Å². The van der Waals surface area contributed by atoms with Crippen molar-refractivity contribution in [1.82, 2.24) is 0 Å². The number of allylic oxidation sites excluding steroid dienone is 1. The summed E-state index contributed by atoms with van der Waals surface area (Å²) in [6.07, 6.45) is 2.75. The topological polar surface area (TPSA) is 134 Å². The quantitative estimate of drug-likeness (QED) is 0.115. The molecule has 88 heavy (non-hydrogen) atoms. The van der Waals surface area contributed by atoms with Crippen molar-refractivity contribution >= 4 is 81.1 Å². The van der Waals surface area contributed by atoms with Gasteiger partial charge in [0, 0.05) is 22.8 Å². The molecule has 0 saturated heterocycles. The Balaban J connectivity index is 0.000000185. The Labute approximate surface area is 522 Å². The van der Waals surface area contributed by atoms with Crippen LogP contribution in [0.15, 0.2) is 196 Å². The standard InChI is InChI=1S/C24H19BrO4.C24H22O4.C24H20O4.3CH4/c1-27-22-13-18-17(16-9-8-14-6-4-5-7-15(14)10-16)12-21(26)20(25)11-19(18)23(28-2)24(22)29-3;2*1-26-22-14-21-19(23(27-2)24(22)28-3)11-10-18(25)13-20(21)17-9-8-15-6-4-5-7-16(15)12-17;;;/h4-13H,1-3H3;4-9,12-14H,10-11H2,1-3H3;4-14H,1-3H3;3*1H4. The predicted octanol–water partition coefficient (Wildman–Crippen LogP) is 17.6. The van der Waals surface area contributed by atoms with Crippen molar-refractivity contribution in [3.63, 3.8) is 0 Å². The number of ketones is 1. The minimum Gasteiger partial charge on any atom is -0.493 e. The number of ether oxygens (including phenoxy) is 9. The van der Waals surface area contributed by atoms with Crippen molar-refractivity contribution in [2.75, 3.05) is 64.0 Å². The summed E-state index contributed by atoms with van der Waals surface area (Å²) in [5.41, 5.74) is 7.06. The number of fused-ring (bicyclic) bond motifs is 6. The van der Waals surface area contributed by atoms with E-state index in [-0.39, 0.29) is 38.9 Å². The second-order valence-corrected chi connectivity index (χ2v) is 20.7. The van der Waals surface area contributed by atoms with Gasteiger partial charge in [0.15, 0.2) is 51.1 Å². The number of hydrogen-bond acceptors (Lipinski definition) is 12. The second-order valence-electron chi connectivity index (χ2n) is 19.8. The molecule has 0 unspecified atom stereocenters. The molecule has 1 aliphatic carbocycles. The van der Waals surface area contributed by atoms with E-state index in [1.807, 2.05) is 66.7 Å². The third-order valence-electron chi connectivity index (χ3n) is 15.1. The highest BCUT2D eigenvalue weighted by atomic mass is 79.9. The lowest BCUT2D eigenvalue weighted by molar-refractivity contribution is -0.114. The highest BCUT2D eigenvalue weighted by Gasteiger charge is 2.27. The molecule has 0 radical (unpaired) electrons. The molecule has 11 aromatic rings. The van der Waals surface area contributed by atoms with Gasteiger partial charge in [-0.3, -0.25) is 14.4 Å². The Bertz CT molecular complexity index is 4560. The minimum atomic E-state index is -0.121. The van der Waals surface area contributed by atoms with Gasteiger partial charge in [-0.2, -0.15) is 0 Å². The van der Waals surface area contributed by atoms with Crippen LogP contribution < -0.4 is 53.5 Å². The second kappa shape index (κ2) is 29.0. The van der Waals surface area contributed by atoms with Crippen molar-refractivity contribution in [1.29, 1.82) is 0 Å². The van der Waals surface area contributed by atoms with Gasteiger partial charge in [0.2, 0.25) is 17.2 Å². The average molecular weight is 1250 g/mol. The van der Waals surface area contributed by atoms with E-state index in [4.69, 9.17) is 42.6 Å². The molecule has 0 spiro atoms. The average Bonchev–Trinajstić information content (AvgIpc) is 2.48. The summed E-state index contributed by atoms with van der Waals surface area (Å²) in [5.74, 6) is 4.97. The van der Waals surface area contributed by atoms with Gasteiger partial charge in [0.25, 0.3) is 0 Å². The first-order valence-electron chi connectivity index (χ1n) is 27.2. The molecule has 0 heterocycles. The molecule has 452 valence electrons. The monoisotopic (exact) mass is 1240 g/mol. The summed E-state index contributed by atoms with van der Waals surface area (Å²) in [5, 5.41) is 10.0. The van der Waals surface area contributed by atoms with E-state index in [9.17, 15) is 14.4 Å². The molecule has 0 N–H and O–H groups in total. The van der Waals surface area contributed by atoms with Crippen LogP contribution in [-0.2, 0) is 11.2 Å². The molecule has 0 bridgehead atoms. The lowest BCUT2D eigenvalue weighted by Gasteiger charge is -2.20. The smallest absolute Gasteiger partial charge is 0.203 e. The van der Waals surface area contributed by atoms with Crippen LogP contribution in [0, 0.1) is 0 Å². The number of benzene rings is 9. The first kappa shape index (κ1) is 65.7. The van der Waals surface area contributed by atoms with E-state index in [0.717, 1.165) is 98.4 Å². The van der Waals surface area contributed by atoms with Crippen molar-refractivity contribution in [2.24, 2.45) is 0 Å². The first-order chi connectivity index (χ1) is 41.4. The zero-order valence-corrected chi connectivity index (χ0v) is 50.1. The molecule has 13 heteroatoms. The lowest BCUT2D eigenvalue weighted by atomic mass is 9.91. The van der Waals surface area contributed by atoms with Crippen LogP contribution in [0.3, 0.4) is 0 Å². The maximum absolute atomic E-state index is 12.7. The molecule has 0 atom stereocenters. The van der Waals surface area contributed by atoms with Crippen LogP contribution in [0.1, 0.15) is 45.4 Å². The third-order valence-corrected chi connectivity index (χ3v) is 15.8. The van der Waals surface area contributed by atoms with Crippen LogP contribution in [0.4, 0.5) is 0 Å². The summed E-state index contributed by atoms with van der Waals surface area (Å²) in [6.45, 7) is 0. The molecular formula is C75H73BrO12. The fourth-order valence-electron chi connectivity index (χ4n) is 11.1. The first-order valence-corrected chi connectivity index (χ1v) is 28.0. The molecule has 12 nitrogen and oxygen atoms in total. The number of methoxy groups -OCH3 is 9. The molecule has 11 aromatic carbocycles. The van der Waals surface area contributed by atoms with Gasteiger partial charge >= 0.3 is 0 Å². The van der Waals surface area contributed by atoms with E-state index in [1.54, 1.807) is 100 Å². The Morgan fingerprint density at radius 1 is 0.330 bits per heavy atom. The van der Waals surface area contributed by atoms with Crippen LogP contribution >= 0.6 is 15.9 Å². The molecule has 0 aromatic heterocycles. The van der Waals surface area contributed by atoms with Gasteiger partial charge in [-0.05, 0) is 177 Å².